The fraction of sp³-hybridized carbons (Fsp3) is 0.438. The third-order valence-electron chi connectivity index (χ3n) is 3.19. The van der Waals surface area contributed by atoms with Crippen molar-refractivity contribution in [3.8, 4) is 5.75 Å². The molecule has 0 aliphatic carbocycles. The SMILES string of the molecule is CCCNC(C)c1ccc(Br)cc1OCc1cc(C)on1. The van der Waals surface area contributed by atoms with Crippen LogP contribution in [0.1, 0.15) is 43.3 Å². The number of hydrogen-bond donors (Lipinski definition) is 1. The van der Waals surface area contributed by atoms with Gasteiger partial charge in [0.1, 0.15) is 23.8 Å². The molecule has 0 aliphatic rings. The van der Waals surface area contributed by atoms with Gasteiger partial charge in [0.15, 0.2) is 0 Å². The summed E-state index contributed by atoms with van der Waals surface area (Å²) in [7, 11) is 0. The van der Waals surface area contributed by atoms with Crippen LogP contribution < -0.4 is 10.1 Å². The molecule has 0 amide bonds. The van der Waals surface area contributed by atoms with Crippen molar-refractivity contribution in [1.29, 1.82) is 0 Å². The highest BCUT2D eigenvalue weighted by molar-refractivity contribution is 9.10. The Hall–Kier alpha value is -1.33. The van der Waals surface area contributed by atoms with Crippen LogP contribution >= 0.6 is 15.9 Å². The minimum Gasteiger partial charge on any atom is -0.487 e. The molecule has 1 N–H and O–H groups in total. The van der Waals surface area contributed by atoms with Gasteiger partial charge in [0.05, 0.1) is 0 Å². The third kappa shape index (κ3) is 4.58. The summed E-state index contributed by atoms with van der Waals surface area (Å²) in [6.07, 6.45) is 1.11. The van der Waals surface area contributed by atoms with Crippen LogP contribution in [0.3, 0.4) is 0 Å². The van der Waals surface area contributed by atoms with Gasteiger partial charge in [-0.2, -0.15) is 0 Å². The standard InChI is InChI=1S/C16H21BrN2O2/c1-4-7-18-12(3)15-6-5-13(17)9-16(15)20-10-14-8-11(2)21-19-14/h5-6,8-9,12,18H,4,7,10H2,1-3H3. The predicted octanol–water partition coefficient (Wildman–Crippen LogP) is 4.39. The maximum absolute atomic E-state index is 5.93. The number of hydrogen-bond acceptors (Lipinski definition) is 4. The zero-order valence-corrected chi connectivity index (χ0v) is 14.2. The first-order chi connectivity index (χ1) is 10.1. The van der Waals surface area contributed by atoms with E-state index < -0.39 is 0 Å². The van der Waals surface area contributed by atoms with Crippen LogP contribution in [0.15, 0.2) is 33.3 Å². The first-order valence-corrected chi connectivity index (χ1v) is 7.97. The van der Waals surface area contributed by atoms with E-state index in [9.17, 15) is 0 Å². The summed E-state index contributed by atoms with van der Waals surface area (Å²) in [5.74, 6) is 1.65. The quantitative estimate of drug-likeness (QED) is 0.802. The van der Waals surface area contributed by atoms with E-state index in [4.69, 9.17) is 9.26 Å². The molecule has 0 fully saturated rings. The minimum atomic E-state index is 0.243. The second-order valence-electron chi connectivity index (χ2n) is 5.08. The number of aromatic nitrogens is 1. The van der Waals surface area contributed by atoms with Crippen molar-refractivity contribution in [1.82, 2.24) is 10.5 Å². The van der Waals surface area contributed by atoms with Crippen molar-refractivity contribution < 1.29 is 9.26 Å². The van der Waals surface area contributed by atoms with Crippen LogP contribution in [0, 0.1) is 6.92 Å². The highest BCUT2D eigenvalue weighted by Crippen LogP contribution is 2.29. The Kier molecular flexibility index (Phi) is 5.82. The van der Waals surface area contributed by atoms with Gasteiger partial charge in [0, 0.05) is 22.1 Å². The molecule has 0 saturated carbocycles. The Morgan fingerprint density at radius 1 is 1.38 bits per heavy atom. The van der Waals surface area contributed by atoms with E-state index in [0.29, 0.717) is 6.61 Å². The second-order valence-corrected chi connectivity index (χ2v) is 5.99. The highest BCUT2D eigenvalue weighted by atomic mass is 79.9. The van der Waals surface area contributed by atoms with Gasteiger partial charge < -0.3 is 14.6 Å². The summed E-state index contributed by atoms with van der Waals surface area (Å²) in [5, 5.41) is 7.43. The van der Waals surface area contributed by atoms with Crippen LogP contribution in [0.5, 0.6) is 5.75 Å². The lowest BCUT2D eigenvalue weighted by Crippen LogP contribution is -2.20. The van der Waals surface area contributed by atoms with E-state index in [1.165, 1.54) is 0 Å². The molecular formula is C16H21BrN2O2. The topological polar surface area (TPSA) is 47.3 Å². The molecule has 5 heteroatoms. The maximum atomic E-state index is 5.93. The van der Waals surface area contributed by atoms with Crippen molar-refractivity contribution in [3.05, 3.63) is 45.8 Å². The van der Waals surface area contributed by atoms with Gasteiger partial charge >= 0.3 is 0 Å². The van der Waals surface area contributed by atoms with Crippen molar-refractivity contribution in [2.75, 3.05) is 6.54 Å². The number of rotatable bonds is 7. The van der Waals surface area contributed by atoms with Crippen molar-refractivity contribution in [3.63, 3.8) is 0 Å². The van der Waals surface area contributed by atoms with Crippen LogP contribution in [0.4, 0.5) is 0 Å². The van der Waals surface area contributed by atoms with Gasteiger partial charge in [0.25, 0.3) is 0 Å². The van der Waals surface area contributed by atoms with Crippen molar-refractivity contribution in [2.24, 2.45) is 0 Å². The summed E-state index contributed by atoms with van der Waals surface area (Å²) in [4.78, 5) is 0. The maximum Gasteiger partial charge on any atom is 0.134 e. The molecule has 0 radical (unpaired) electrons. The van der Waals surface area contributed by atoms with E-state index in [2.05, 4.69) is 46.3 Å². The molecule has 1 aromatic carbocycles. The molecular weight excluding hydrogens is 332 g/mol. The van der Waals surface area contributed by atoms with E-state index in [0.717, 1.165) is 40.2 Å². The number of aryl methyl sites for hydroxylation is 1. The molecule has 2 aromatic rings. The lowest BCUT2D eigenvalue weighted by Gasteiger charge is -2.18. The minimum absolute atomic E-state index is 0.243. The Labute approximate surface area is 134 Å². The van der Waals surface area contributed by atoms with Crippen molar-refractivity contribution in [2.45, 2.75) is 39.8 Å². The number of nitrogens with one attached hydrogen (secondary N) is 1. The first kappa shape index (κ1) is 16.0. The second kappa shape index (κ2) is 7.61. The molecule has 4 nitrogen and oxygen atoms in total. The monoisotopic (exact) mass is 352 g/mol. The predicted molar refractivity (Wildman–Crippen MR) is 86.4 cm³/mol. The van der Waals surface area contributed by atoms with Crippen LogP contribution in [-0.2, 0) is 6.61 Å². The molecule has 1 atom stereocenters. The smallest absolute Gasteiger partial charge is 0.134 e. The van der Waals surface area contributed by atoms with E-state index in [1.807, 2.05) is 25.1 Å². The molecule has 0 saturated heterocycles. The number of ether oxygens (including phenoxy) is 1. The summed E-state index contributed by atoms with van der Waals surface area (Å²) in [6, 6.07) is 8.24. The Bertz CT molecular complexity index is 583. The van der Waals surface area contributed by atoms with Gasteiger partial charge in [-0.15, -0.1) is 0 Å². The highest BCUT2D eigenvalue weighted by Gasteiger charge is 2.12. The zero-order valence-electron chi connectivity index (χ0n) is 12.6. The van der Waals surface area contributed by atoms with Gasteiger partial charge in [-0.25, -0.2) is 0 Å². The van der Waals surface area contributed by atoms with Gasteiger partial charge in [0.2, 0.25) is 0 Å². The molecule has 1 heterocycles. The Morgan fingerprint density at radius 3 is 2.86 bits per heavy atom. The van der Waals surface area contributed by atoms with E-state index in [1.54, 1.807) is 0 Å². The summed E-state index contributed by atoms with van der Waals surface area (Å²) in [6.45, 7) is 7.57. The number of nitrogens with zero attached hydrogens (tertiary/aromatic N) is 1. The van der Waals surface area contributed by atoms with E-state index >= 15 is 0 Å². The van der Waals surface area contributed by atoms with Crippen molar-refractivity contribution >= 4 is 15.9 Å². The molecule has 114 valence electrons. The molecule has 0 spiro atoms. The summed E-state index contributed by atoms with van der Waals surface area (Å²) >= 11 is 3.49. The first-order valence-electron chi connectivity index (χ1n) is 7.18. The average Bonchev–Trinajstić information content (AvgIpc) is 2.88. The van der Waals surface area contributed by atoms with Crippen LogP contribution in [0.2, 0.25) is 0 Å². The molecule has 1 aromatic heterocycles. The molecule has 2 rings (SSSR count). The molecule has 21 heavy (non-hydrogen) atoms. The summed E-state index contributed by atoms with van der Waals surface area (Å²) in [5.41, 5.74) is 1.94. The Balaban J connectivity index is 2.10. The molecule has 1 unspecified atom stereocenters. The van der Waals surface area contributed by atoms with Gasteiger partial charge in [-0.3, -0.25) is 0 Å². The largest absolute Gasteiger partial charge is 0.487 e. The zero-order chi connectivity index (χ0) is 15.2. The van der Waals surface area contributed by atoms with Gasteiger partial charge in [-0.1, -0.05) is 34.1 Å². The number of benzene rings is 1. The Morgan fingerprint density at radius 2 is 2.19 bits per heavy atom. The fourth-order valence-electron chi connectivity index (χ4n) is 2.10. The molecule has 0 aliphatic heterocycles. The summed E-state index contributed by atoms with van der Waals surface area (Å²) < 4.78 is 12.0. The normalized spacial score (nSPS) is 12.4. The fourth-order valence-corrected chi connectivity index (χ4v) is 2.44. The van der Waals surface area contributed by atoms with Crippen LogP contribution in [-0.4, -0.2) is 11.7 Å². The lowest BCUT2D eigenvalue weighted by molar-refractivity contribution is 0.282. The van der Waals surface area contributed by atoms with Gasteiger partial charge in [-0.05, 0) is 38.9 Å². The third-order valence-corrected chi connectivity index (χ3v) is 3.69. The van der Waals surface area contributed by atoms with Crippen LogP contribution in [0.25, 0.3) is 0 Å². The van der Waals surface area contributed by atoms with E-state index in [-0.39, 0.29) is 6.04 Å². The molecule has 0 bridgehead atoms. The lowest BCUT2D eigenvalue weighted by atomic mass is 10.1. The number of halogens is 1. The average molecular weight is 353 g/mol.